The van der Waals surface area contributed by atoms with Crippen LogP contribution in [0.1, 0.15) is 65.6 Å². The molecule has 4 rings (SSSR count). The minimum Gasteiger partial charge on any atom is -0.352 e. The van der Waals surface area contributed by atoms with Crippen LogP contribution >= 0.6 is 0 Å². The van der Waals surface area contributed by atoms with Crippen LogP contribution in [0.4, 0.5) is 5.82 Å². The predicted molar refractivity (Wildman–Crippen MR) is 101 cm³/mol. The number of nitrogens with zero attached hydrogens (tertiary/aromatic N) is 3. The third kappa shape index (κ3) is 2.58. The van der Waals surface area contributed by atoms with Crippen molar-refractivity contribution in [1.82, 2.24) is 9.97 Å². The van der Waals surface area contributed by atoms with E-state index < -0.39 is 0 Å². The van der Waals surface area contributed by atoms with Crippen LogP contribution in [0.2, 0.25) is 0 Å². The maximum absolute atomic E-state index is 5.04. The SMILES string of the molecule is CC(C)c1nc(N2CC3(C)CC2CC(C)(C)C3)c2ccccc2n1. The van der Waals surface area contributed by atoms with Crippen molar-refractivity contribution in [3.8, 4) is 0 Å². The van der Waals surface area contributed by atoms with Gasteiger partial charge in [-0.05, 0) is 42.2 Å². The third-order valence-electron chi connectivity index (χ3n) is 5.80. The minimum atomic E-state index is 0.349. The summed E-state index contributed by atoms with van der Waals surface area (Å²) in [7, 11) is 0. The van der Waals surface area contributed by atoms with E-state index in [4.69, 9.17) is 9.97 Å². The maximum Gasteiger partial charge on any atom is 0.140 e. The van der Waals surface area contributed by atoms with Crippen molar-refractivity contribution in [2.45, 2.75) is 65.8 Å². The molecule has 1 aromatic heterocycles. The van der Waals surface area contributed by atoms with E-state index in [0.717, 1.165) is 23.7 Å². The quantitative estimate of drug-likeness (QED) is 0.764. The molecule has 0 amide bonds. The summed E-state index contributed by atoms with van der Waals surface area (Å²) in [5.41, 5.74) is 1.92. The molecule has 2 heterocycles. The van der Waals surface area contributed by atoms with Crippen molar-refractivity contribution in [2.24, 2.45) is 10.8 Å². The van der Waals surface area contributed by atoms with Gasteiger partial charge in [0.15, 0.2) is 0 Å². The van der Waals surface area contributed by atoms with Crippen molar-refractivity contribution in [1.29, 1.82) is 0 Å². The average Bonchev–Trinajstić information content (AvgIpc) is 2.75. The Morgan fingerprint density at radius 1 is 1.08 bits per heavy atom. The fraction of sp³-hybridized carbons (Fsp3) is 0.619. The molecule has 24 heavy (non-hydrogen) atoms. The van der Waals surface area contributed by atoms with E-state index in [1.807, 2.05) is 0 Å². The zero-order chi connectivity index (χ0) is 17.1. The Labute approximate surface area is 145 Å². The third-order valence-corrected chi connectivity index (χ3v) is 5.80. The molecule has 0 spiro atoms. The highest BCUT2D eigenvalue weighted by atomic mass is 15.3. The molecule has 2 fully saturated rings. The fourth-order valence-electron chi connectivity index (χ4n) is 5.26. The molecule has 1 saturated carbocycles. The fourth-order valence-corrected chi connectivity index (χ4v) is 5.26. The van der Waals surface area contributed by atoms with E-state index in [1.54, 1.807) is 0 Å². The second-order valence-corrected chi connectivity index (χ2v) is 9.42. The Hall–Kier alpha value is -1.64. The number of aromatic nitrogens is 2. The summed E-state index contributed by atoms with van der Waals surface area (Å²) in [6, 6.07) is 9.11. The predicted octanol–water partition coefficient (Wildman–Crippen LogP) is 5.16. The van der Waals surface area contributed by atoms with E-state index in [2.05, 4.69) is 63.8 Å². The Balaban J connectivity index is 1.85. The number of rotatable bonds is 2. The van der Waals surface area contributed by atoms with E-state index in [1.165, 1.54) is 24.6 Å². The van der Waals surface area contributed by atoms with Gasteiger partial charge in [-0.3, -0.25) is 0 Å². The van der Waals surface area contributed by atoms with Gasteiger partial charge in [0, 0.05) is 23.9 Å². The first-order chi connectivity index (χ1) is 11.3. The highest BCUT2D eigenvalue weighted by molar-refractivity contribution is 5.89. The van der Waals surface area contributed by atoms with Crippen LogP contribution in [0.15, 0.2) is 24.3 Å². The van der Waals surface area contributed by atoms with Crippen molar-refractivity contribution in [2.75, 3.05) is 11.4 Å². The summed E-state index contributed by atoms with van der Waals surface area (Å²) in [5, 5.41) is 1.20. The van der Waals surface area contributed by atoms with Gasteiger partial charge in [0.2, 0.25) is 0 Å². The summed E-state index contributed by atoms with van der Waals surface area (Å²) in [5.74, 6) is 2.48. The highest BCUT2D eigenvalue weighted by Crippen LogP contribution is 2.53. The lowest BCUT2D eigenvalue weighted by molar-refractivity contribution is 0.136. The minimum absolute atomic E-state index is 0.349. The normalized spacial score (nSPS) is 28.8. The first-order valence-electron chi connectivity index (χ1n) is 9.30. The smallest absolute Gasteiger partial charge is 0.140 e. The monoisotopic (exact) mass is 323 g/mol. The van der Waals surface area contributed by atoms with Crippen LogP contribution in [-0.4, -0.2) is 22.6 Å². The largest absolute Gasteiger partial charge is 0.352 e. The lowest BCUT2D eigenvalue weighted by Crippen LogP contribution is -2.35. The summed E-state index contributed by atoms with van der Waals surface area (Å²) in [4.78, 5) is 12.4. The van der Waals surface area contributed by atoms with Gasteiger partial charge >= 0.3 is 0 Å². The van der Waals surface area contributed by atoms with Crippen LogP contribution < -0.4 is 4.90 Å². The van der Waals surface area contributed by atoms with E-state index in [-0.39, 0.29) is 0 Å². The van der Waals surface area contributed by atoms with Gasteiger partial charge < -0.3 is 4.90 Å². The lowest BCUT2D eigenvalue weighted by atomic mass is 9.65. The van der Waals surface area contributed by atoms with Crippen LogP contribution in [0.3, 0.4) is 0 Å². The molecule has 2 atom stereocenters. The molecular weight excluding hydrogens is 294 g/mol. The molecule has 3 nitrogen and oxygen atoms in total. The topological polar surface area (TPSA) is 29.0 Å². The van der Waals surface area contributed by atoms with E-state index in [9.17, 15) is 0 Å². The van der Waals surface area contributed by atoms with Gasteiger partial charge in [-0.2, -0.15) is 0 Å². The molecule has 1 aliphatic carbocycles. The van der Waals surface area contributed by atoms with E-state index in [0.29, 0.717) is 22.8 Å². The van der Waals surface area contributed by atoms with Crippen molar-refractivity contribution >= 4 is 16.7 Å². The molecule has 2 unspecified atom stereocenters. The molecule has 128 valence electrons. The van der Waals surface area contributed by atoms with Crippen LogP contribution in [0, 0.1) is 10.8 Å². The molecule has 0 radical (unpaired) electrons. The Morgan fingerprint density at radius 2 is 1.83 bits per heavy atom. The van der Waals surface area contributed by atoms with Crippen LogP contribution in [0.5, 0.6) is 0 Å². The van der Waals surface area contributed by atoms with Crippen molar-refractivity contribution in [3.05, 3.63) is 30.1 Å². The molecule has 1 aromatic carbocycles. The molecule has 1 saturated heterocycles. The molecule has 2 bridgehead atoms. The number of para-hydroxylation sites is 1. The Morgan fingerprint density at radius 3 is 2.58 bits per heavy atom. The second kappa shape index (κ2) is 5.18. The average molecular weight is 323 g/mol. The van der Waals surface area contributed by atoms with Gasteiger partial charge in [0.1, 0.15) is 11.6 Å². The van der Waals surface area contributed by atoms with Gasteiger partial charge in [-0.1, -0.05) is 46.8 Å². The number of hydrogen-bond acceptors (Lipinski definition) is 3. The zero-order valence-corrected chi connectivity index (χ0v) is 15.6. The van der Waals surface area contributed by atoms with Gasteiger partial charge in [-0.25, -0.2) is 9.97 Å². The first-order valence-corrected chi connectivity index (χ1v) is 9.30. The molecule has 3 heteroatoms. The van der Waals surface area contributed by atoms with Crippen molar-refractivity contribution < 1.29 is 0 Å². The molecular formula is C21H29N3. The summed E-state index contributed by atoms with van der Waals surface area (Å²) in [6.07, 6.45) is 3.87. The summed E-state index contributed by atoms with van der Waals surface area (Å²) < 4.78 is 0. The standard InChI is InChI=1S/C21H29N3/c1-14(2)18-22-17-9-7-6-8-16(17)19(23-18)24-13-21(5)11-15(24)10-20(3,4)12-21/h6-9,14-15H,10-13H2,1-5H3. The summed E-state index contributed by atoms with van der Waals surface area (Å²) >= 11 is 0. The highest BCUT2D eigenvalue weighted by Gasteiger charge is 2.50. The number of anilines is 1. The second-order valence-electron chi connectivity index (χ2n) is 9.42. The number of fused-ring (bicyclic) bond motifs is 3. The van der Waals surface area contributed by atoms with Crippen LogP contribution in [0.25, 0.3) is 10.9 Å². The maximum atomic E-state index is 5.04. The zero-order valence-electron chi connectivity index (χ0n) is 15.6. The van der Waals surface area contributed by atoms with Gasteiger partial charge in [0.05, 0.1) is 5.52 Å². The molecule has 2 aliphatic rings. The van der Waals surface area contributed by atoms with Crippen LogP contribution in [-0.2, 0) is 0 Å². The first kappa shape index (κ1) is 15.9. The van der Waals surface area contributed by atoms with Gasteiger partial charge in [0.25, 0.3) is 0 Å². The molecule has 0 N–H and O–H groups in total. The van der Waals surface area contributed by atoms with E-state index >= 15 is 0 Å². The number of hydrogen-bond donors (Lipinski definition) is 0. The Bertz CT molecular complexity index is 780. The van der Waals surface area contributed by atoms with Gasteiger partial charge in [-0.15, -0.1) is 0 Å². The molecule has 1 aliphatic heterocycles. The Kier molecular flexibility index (Phi) is 3.42. The molecule has 2 aromatic rings. The van der Waals surface area contributed by atoms with Crippen molar-refractivity contribution in [3.63, 3.8) is 0 Å². The number of benzene rings is 1. The lowest BCUT2D eigenvalue weighted by Gasteiger charge is -2.39. The summed E-state index contributed by atoms with van der Waals surface area (Å²) in [6.45, 7) is 12.8.